The summed E-state index contributed by atoms with van der Waals surface area (Å²) >= 11 is 0. The second-order valence-corrected chi connectivity index (χ2v) is 2.88. The van der Waals surface area contributed by atoms with Crippen molar-refractivity contribution in [1.82, 2.24) is 15.2 Å². The fourth-order valence-electron chi connectivity index (χ4n) is 1.33. The number of oxazole rings is 1. The Labute approximate surface area is 75.7 Å². The molecule has 0 unspecified atom stereocenters. The van der Waals surface area contributed by atoms with E-state index in [0.29, 0.717) is 0 Å². The highest BCUT2D eigenvalue weighted by atomic mass is 16.4. The molecule has 5 heteroatoms. The van der Waals surface area contributed by atoms with Crippen LogP contribution in [0.1, 0.15) is 10.7 Å². The van der Waals surface area contributed by atoms with Crippen LogP contribution in [0.4, 0.5) is 0 Å². The van der Waals surface area contributed by atoms with Crippen LogP contribution in [0.25, 0.3) is 0 Å². The van der Waals surface area contributed by atoms with Gasteiger partial charge in [0.2, 0.25) is 0 Å². The zero-order chi connectivity index (χ0) is 9.10. The summed E-state index contributed by atoms with van der Waals surface area (Å²) in [5, 5.41) is 3.17. The molecule has 1 aliphatic rings. The molecule has 1 aromatic rings. The maximum absolute atomic E-state index is 11.6. The number of hydrogen-bond donors (Lipinski definition) is 1. The standard InChI is InChI=1S/C8H11N3O2/c12-8(7-10-3-6-13-7)11-4-1-9-2-5-11/h3,6,9H,1-2,4-5H2. The van der Waals surface area contributed by atoms with Crippen LogP contribution in [0.5, 0.6) is 0 Å². The molecule has 0 spiro atoms. The first-order valence-corrected chi connectivity index (χ1v) is 4.27. The highest BCUT2D eigenvalue weighted by molar-refractivity contribution is 5.89. The van der Waals surface area contributed by atoms with Crippen molar-refractivity contribution in [2.45, 2.75) is 0 Å². The van der Waals surface area contributed by atoms with Crippen molar-refractivity contribution in [2.75, 3.05) is 26.2 Å². The first-order chi connectivity index (χ1) is 6.38. The highest BCUT2D eigenvalue weighted by Gasteiger charge is 2.20. The third-order valence-electron chi connectivity index (χ3n) is 2.02. The van der Waals surface area contributed by atoms with Gasteiger partial charge in [0.25, 0.3) is 5.89 Å². The van der Waals surface area contributed by atoms with Gasteiger partial charge < -0.3 is 14.6 Å². The van der Waals surface area contributed by atoms with Crippen molar-refractivity contribution in [3.8, 4) is 0 Å². The Hall–Kier alpha value is -1.36. The number of piperazine rings is 1. The molecule has 0 atom stereocenters. The minimum Gasteiger partial charge on any atom is -0.441 e. The zero-order valence-corrected chi connectivity index (χ0v) is 7.19. The SMILES string of the molecule is O=C(c1ncco1)N1CCNCC1. The first kappa shape index (κ1) is 8.25. The van der Waals surface area contributed by atoms with Crippen LogP contribution in [0.15, 0.2) is 16.9 Å². The van der Waals surface area contributed by atoms with E-state index in [1.165, 1.54) is 12.5 Å². The van der Waals surface area contributed by atoms with Gasteiger partial charge in [0.1, 0.15) is 6.26 Å². The van der Waals surface area contributed by atoms with E-state index in [2.05, 4.69) is 10.3 Å². The Balaban J connectivity index is 2.04. The monoisotopic (exact) mass is 181 g/mol. The Kier molecular flexibility index (Phi) is 2.27. The van der Waals surface area contributed by atoms with Gasteiger partial charge in [-0.3, -0.25) is 4.79 Å². The summed E-state index contributed by atoms with van der Waals surface area (Å²) < 4.78 is 4.93. The Morgan fingerprint density at radius 3 is 2.92 bits per heavy atom. The van der Waals surface area contributed by atoms with E-state index < -0.39 is 0 Å². The van der Waals surface area contributed by atoms with Gasteiger partial charge in [-0.05, 0) is 0 Å². The lowest BCUT2D eigenvalue weighted by Gasteiger charge is -2.25. The number of carbonyl (C=O) groups excluding carboxylic acids is 1. The van der Waals surface area contributed by atoms with Crippen molar-refractivity contribution in [1.29, 1.82) is 0 Å². The van der Waals surface area contributed by atoms with Crippen molar-refractivity contribution < 1.29 is 9.21 Å². The summed E-state index contributed by atoms with van der Waals surface area (Å²) in [4.78, 5) is 17.2. The number of hydrogen-bond acceptors (Lipinski definition) is 4. The number of rotatable bonds is 1. The van der Waals surface area contributed by atoms with Crippen LogP contribution >= 0.6 is 0 Å². The molecule has 0 saturated carbocycles. The number of nitrogens with zero attached hydrogens (tertiary/aromatic N) is 2. The molecule has 1 N–H and O–H groups in total. The molecule has 70 valence electrons. The lowest BCUT2D eigenvalue weighted by Crippen LogP contribution is -2.46. The van der Waals surface area contributed by atoms with Gasteiger partial charge in [0, 0.05) is 26.2 Å². The van der Waals surface area contributed by atoms with Crippen molar-refractivity contribution in [3.05, 3.63) is 18.4 Å². The molecule has 0 bridgehead atoms. The molecule has 0 aromatic carbocycles. The summed E-state index contributed by atoms with van der Waals surface area (Å²) in [6, 6.07) is 0. The summed E-state index contributed by atoms with van der Waals surface area (Å²) in [5.41, 5.74) is 0. The molecule has 13 heavy (non-hydrogen) atoms. The van der Waals surface area contributed by atoms with Crippen molar-refractivity contribution in [2.24, 2.45) is 0 Å². The second-order valence-electron chi connectivity index (χ2n) is 2.88. The number of aromatic nitrogens is 1. The quantitative estimate of drug-likeness (QED) is 0.647. The molecule has 1 saturated heterocycles. The van der Waals surface area contributed by atoms with E-state index >= 15 is 0 Å². The minimum absolute atomic E-state index is 0.119. The topological polar surface area (TPSA) is 58.4 Å². The Morgan fingerprint density at radius 2 is 2.31 bits per heavy atom. The largest absolute Gasteiger partial charge is 0.441 e. The van der Waals surface area contributed by atoms with Gasteiger partial charge in [-0.2, -0.15) is 0 Å². The summed E-state index contributed by atoms with van der Waals surface area (Å²) in [5.74, 6) is 0.0633. The van der Waals surface area contributed by atoms with E-state index in [1.54, 1.807) is 4.90 Å². The Bertz CT molecular complexity index is 278. The molecule has 5 nitrogen and oxygen atoms in total. The van der Waals surface area contributed by atoms with Crippen LogP contribution in [0.3, 0.4) is 0 Å². The summed E-state index contributed by atoms with van der Waals surface area (Å²) in [6.07, 6.45) is 2.89. The maximum atomic E-state index is 11.6. The highest BCUT2D eigenvalue weighted by Crippen LogP contribution is 2.02. The smallest absolute Gasteiger partial charge is 0.309 e. The van der Waals surface area contributed by atoms with E-state index in [9.17, 15) is 4.79 Å². The molecule has 1 amide bonds. The molecular formula is C8H11N3O2. The number of nitrogens with one attached hydrogen (secondary N) is 1. The molecule has 1 aliphatic heterocycles. The average Bonchev–Trinajstić information content (AvgIpc) is 2.71. The van der Waals surface area contributed by atoms with E-state index in [4.69, 9.17) is 4.42 Å². The normalized spacial score (nSPS) is 17.4. The molecule has 0 radical (unpaired) electrons. The number of carbonyl (C=O) groups is 1. The van der Waals surface area contributed by atoms with Crippen LogP contribution in [-0.4, -0.2) is 42.0 Å². The third kappa shape index (κ3) is 1.70. The minimum atomic E-state index is -0.119. The first-order valence-electron chi connectivity index (χ1n) is 4.27. The second kappa shape index (κ2) is 3.57. The molecule has 1 aromatic heterocycles. The van der Waals surface area contributed by atoms with Gasteiger partial charge in [-0.25, -0.2) is 4.98 Å². The van der Waals surface area contributed by atoms with Crippen LogP contribution in [-0.2, 0) is 0 Å². The van der Waals surface area contributed by atoms with Crippen molar-refractivity contribution >= 4 is 5.91 Å². The fraction of sp³-hybridized carbons (Fsp3) is 0.500. The fourth-order valence-corrected chi connectivity index (χ4v) is 1.33. The molecule has 0 aliphatic carbocycles. The molecule has 1 fully saturated rings. The van der Waals surface area contributed by atoms with Gasteiger partial charge in [0.15, 0.2) is 0 Å². The predicted octanol–water partition coefficient (Wildman–Crippen LogP) is -0.280. The predicted molar refractivity (Wildman–Crippen MR) is 45.3 cm³/mol. The zero-order valence-electron chi connectivity index (χ0n) is 7.19. The van der Waals surface area contributed by atoms with Crippen LogP contribution < -0.4 is 5.32 Å². The lowest BCUT2D eigenvalue weighted by atomic mass is 10.3. The molecular weight excluding hydrogens is 170 g/mol. The average molecular weight is 181 g/mol. The van der Waals surface area contributed by atoms with Gasteiger partial charge in [0.05, 0.1) is 6.20 Å². The van der Waals surface area contributed by atoms with Gasteiger partial charge in [-0.1, -0.05) is 0 Å². The van der Waals surface area contributed by atoms with Crippen LogP contribution in [0.2, 0.25) is 0 Å². The summed E-state index contributed by atoms with van der Waals surface area (Å²) in [6.45, 7) is 3.13. The van der Waals surface area contributed by atoms with E-state index in [0.717, 1.165) is 26.2 Å². The maximum Gasteiger partial charge on any atom is 0.309 e. The van der Waals surface area contributed by atoms with Gasteiger partial charge >= 0.3 is 5.91 Å². The van der Waals surface area contributed by atoms with E-state index in [1.807, 2.05) is 0 Å². The van der Waals surface area contributed by atoms with Crippen molar-refractivity contribution in [3.63, 3.8) is 0 Å². The van der Waals surface area contributed by atoms with Crippen LogP contribution in [0, 0.1) is 0 Å². The Morgan fingerprint density at radius 1 is 1.54 bits per heavy atom. The van der Waals surface area contributed by atoms with Gasteiger partial charge in [-0.15, -0.1) is 0 Å². The van der Waals surface area contributed by atoms with E-state index in [-0.39, 0.29) is 11.8 Å². The lowest BCUT2D eigenvalue weighted by molar-refractivity contribution is 0.0695. The number of amides is 1. The molecule has 2 heterocycles. The summed E-state index contributed by atoms with van der Waals surface area (Å²) in [7, 11) is 0. The molecule has 2 rings (SSSR count). The third-order valence-corrected chi connectivity index (χ3v) is 2.02.